The zero-order chi connectivity index (χ0) is 19.3. The first kappa shape index (κ1) is 17.2. The number of nitrogens with zero attached hydrogens (tertiary/aromatic N) is 3. The molecule has 1 N–H and O–H groups in total. The van der Waals surface area contributed by atoms with Crippen molar-refractivity contribution in [2.45, 2.75) is 6.54 Å². The number of oxazole rings is 1. The number of carbonyl (C=O) groups is 1. The Morgan fingerprint density at radius 1 is 1.07 bits per heavy atom. The van der Waals surface area contributed by atoms with Crippen LogP contribution >= 0.6 is 0 Å². The second kappa shape index (κ2) is 5.88. The van der Waals surface area contributed by atoms with Gasteiger partial charge in [-0.3, -0.25) is 18.0 Å². The van der Waals surface area contributed by atoms with E-state index in [-0.39, 0.29) is 6.54 Å². The summed E-state index contributed by atoms with van der Waals surface area (Å²) >= 11 is 0. The SMILES string of the molecule is CN1c2ccc(NC(=O)Cn3c(=O)oc4ccccc43)cc2N(C)S1(=O)=O. The molecule has 0 fully saturated rings. The van der Waals surface area contributed by atoms with Crippen LogP contribution in [0, 0.1) is 0 Å². The molecule has 0 radical (unpaired) electrons. The zero-order valence-electron chi connectivity index (χ0n) is 14.5. The molecule has 0 atom stereocenters. The minimum atomic E-state index is -3.58. The number of para-hydroxylation sites is 2. The zero-order valence-corrected chi connectivity index (χ0v) is 15.4. The van der Waals surface area contributed by atoms with Gasteiger partial charge in [0.2, 0.25) is 5.91 Å². The van der Waals surface area contributed by atoms with Gasteiger partial charge in [-0.2, -0.15) is 8.42 Å². The van der Waals surface area contributed by atoms with Crippen molar-refractivity contribution in [3.05, 3.63) is 53.0 Å². The van der Waals surface area contributed by atoms with Crippen LogP contribution in [0.3, 0.4) is 0 Å². The van der Waals surface area contributed by atoms with E-state index in [1.807, 2.05) is 0 Å². The molecule has 0 saturated heterocycles. The van der Waals surface area contributed by atoms with Crippen molar-refractivity contribution in [3.63, 3.8) is 0 Å². The summed E-state index contributed by atoms with van der Waals surface area (Å²) < 4.78 is 33.0. The lowest BCUT2D eigenvalue weighted by Crippen LogP contribution is -2.32. The summed E-state index contributed by atoms with van der Waals surface area (Å²) in [6.45, 7) is -0.221. The van der Waals surface area contributed by atoms with Gasteiger partial charge in [0, 0.05) is 19.8 Å². The van der Waals surface area contributed by atoms with Crippen LogP contribution in [0.25, 0.3) is 11.1 Å². The number of benzene rings is 2. The molecule has 0 aliphatic carbocycles. The molecule has 140 valence electrons. The van der Waals surface area contributed by atoms with Gasteiger partial charge in [-0.25, -0.2) is 4.79 Å². The number of carbonyl (C=O) groups excluding carboxylic acids is 1. The summed E-state index contributed by atoms with van der Waals surface area (Å²) in [6, 6.07) is 11.6. The summed E-state index contributed by atoms with van der Waals surface area (Å²) in [5.41, 5.74) is 2.34. The Bertz CT molecular complexity index is 1230. The number of fused-ring (bicyclic) bond motifs is 2. The largest absolute Gasteiger partial charge is 0.420 e. The Morgan fingerprint density at radius 3 is 2.56 bits per heavy atom. The van der Waals surface area contributed by atoms with Gasteiger partial charge in [0.25, 0.3) is 0 Å². The molecule has 0 unspecified atom stereocenters. The fraction of sp³-hybridized carbons (Fsp3) is 0.176. The second-order valence-corrected chi connectivity index (χ2v) is 8.11. The Morgan fingerprint density at radius 2 is 1.78 bits per heavy atom. The minimum Gasteiger partial charge on any atom is -0.408 e. The number of anilines is 3. The van der Waals surface area contributed by atoms with E-state index in [0.29, 0.717) is 28.2 Å². The number of hydrogen-bond donors (Lipinski definition) is 1. The molecule has 2 heterocycles. The van der Waals surface area contributed by atoms with E-state index in [4.69, 9.17) is 4.42 Å². The molecule has 0 saturated carbocycles. The maximum Gasteiger partial charge on any atom is 0.420 e. The van der Waals surface area contributed by atoms with E-state index in [1.165, 1.54) is 23.0 Å². The molecule has 4 rings (SSSR count). The molecule has 9 nitrogen and oxygen atoms in total. The van der Waals surface area contributed by atoms with Crippen LogP contribution in [0.2, 0.25) is 0 Å². The van der Waals surface area contributed by atoms with E-state index in [0.717, 1.165) is 4.31 Å². The van der Waals surface area contributed by atoms with Gasteiger partial charge in [0.05, 0.1) is 16.9 Å². The molecular weight excluding hydrogens is 372 g/mol. The topological polar surface area (TPSA) is 105 Å². The van der Waals surface area contributed by atoms with Crippen LogP contribution in [0.4, 0.5) is 17.1 Å². The van der Waals surface area contributed by atoms with Crippen molar-refractivity contribution in [1.82, 2.24) is 4.57 Å². The number of amides is 1. The van der Waals surface area contributed by atoms with E-state index in [1.54, 1.807) is 42.5 Å². The molecular formula is C17H16N4O5S. The molecule has 1 amide bonds. The lowest BCUT2D eigenvalue weighted by molar-refractivity contribution is -0.116. The van der Waals surface area contributed by atoms with E-state index >= 15 is 0 Å². The molecule has 0 spiro atoms. The molecule has 3 aromatic rings. The Labute approximate surface area is 154 Å². The summed E-state index contributed by atoms with van der Waals surface area (Å²) in [7, 11) is -0.673. The van der Waals surface area contributed by atoms with Crippen LogP contribution in [0.15, 0.2) is 51.7 Å². The Hall–Kier alpha value is -3.27. The Balaban J connectivity index is 1.59. The predicted octanol–water partition coefficient (Wildman–Crippen LogP) is 1.36. The van der Waals surface area contributed by atoms with Crippen LogP contribution in [-0.4, -0.2) is 33.0 Å². The third kappa shape index (κ3) is 2.65. The average molecular weight is 388 g/mol. The summed E-state index contributed by atoms with van der Waals surface area (Å²) in [4.78, 5) is 24.4. The monoisotopic (exact) mass is 388 g/mol. The van der Waals surface area contributed by atoms with E-state index in [2.05, 4.69) is 5.32 Å². The maximum absolute atomic E-state index is 12.4. The van der Waals surface area contributed by atoms with Gasteiger partial charge in [-0.15, -0.1) is 0 Å². The lowest BCUT2D eigenvalue weighted by Gasteiger charge is -2.13. The minimum absolute atomic E-state index is 0.221. The number of hydrogen-bond acceptors (Lipinski definition) is 5. The molecule has 0 bridgehead atoms. The smallest absolute Gasteiger partial charge is 0.408 e. The summed E-state index contributed by atoms with van der Waals surface area (Å²) in [6.07, 6.45) is 0. The summed E-state index contributed by atoms with van der Waals surface area (Å²) in [5.74, 6) is -1.05. The van der Waals surface area contributed by atoms with Gasteiger partial charge >= 0.3 is 16.0 Å². The summed E-state index contributed by atoms with van der Waals surface area (Å²) in [5, 5.41) is 2.68. The van der Waals surface area contributed by atoms with Gasteiger partial charge in [-0.1, -0.05) is 12.1 Å². The molecule has 27 heavy (non-hydrogen) atoms. The standard InChI is InChI=1S/C17H16N4O5S/c1-19-12-8-7-11(9-14(12)20(2)27(19,24)25)18-16(22)10-21-13-5-3-4-6-15(13)26-17(21)23/h3-9H,10H2,1-2H3,(H,18,22). The Kier molecular flexibility index (Phi) is 3.74. The van der Waals surface area contributed by atoms with E-state index < -0.39 is 21.9 Å². The van der Waals surface area contributed by atoms with Gasteiger partial charge in [0.15, 0.2) is 5.58 Å². The fourth-order valence-corrected chi connectivity index (χ4v) is 4.22. The highest BCUT2D eigenvalue weighted by molar-refractivity contribution is 7.94. The van der Waals surface area contributed by atoms with Crippen molar-refractivity contribution >= 4 is 44.3 Å². The van der Waals surface area contributed by atoms with Crippen LogP contribution in [-0.2, 0) is 21.5 Å². The first-order valence-corrected chi connectivity index (χ1v) is 9.44. The van der Waals surface area contributed by atoms with Gasteiger partial charge in [0.1, 0.15) is 6.54 Å². The number of nitrogens with one attached hydrogen (secondary N) is 1. The van der Waals surface area contributed by atoms with Crippen molar-refractivity contribution in [3.8, 4) is 0 Å². The number of rotatable bonds is 3. The highest BCUT2D eigenvalue weighted by Gasteiger charge is 2.35. The van der Waals surface area contributed by atoms with E-state index in [9.17, 15) is 18.0 Å². The first-order chi connectivity index (χ1) is 12.8. The molecule has 2 aromatic carbocycles. The van der Waals surface area contributed by atoms with Crippen LogP contribution in [0.5, 0.6) is 0 Å². The lowest BCUT2D eigenvalue weighted by atomic mass is 10.2. The molecule has 1 aromatic heterocycles. The van der Waals surface area contributed by atoms with Crippen molar-refractivity contribution in [1.29, 1.82) is 0 Å². The third-order valence-electron chi connectivity index (χ3n) is 4.51. The normalized spacial score (nSPS) is 15.2. The average Bonchev–Trinajstić information content (AvgIpc) is 3.03. The van der Waals surface area contributed by atoms with Gasteiger partial charge < -0.3 is 9.73 Å². The van der Waals surface area contributed by atoms with Crippen LogP contribution in [0.1, 0.15) is 0 Å². The number of aromatic nitrogens is 1. The quantitative estimate of drug-likeness (QED) is 0.730. The molecule has 1 aliphatic heterocycles. The highest BCUT2D eigenvalue weighted by Crippen LogP contribution is 2.40. The van der Waals surface area contributed by atoms with Gasteiger partial charge in [-0.05, 0) is 30.3 Å². The van der Waals surface area contributed by atoms with Crippen LogP contribution < -0.4 is 19.7 Å². The fourth-order valence-electron chi connectivity index (χ4n) is 3.06. The highest BCUT2D eigenvalue weighted by atomic mass is 32.2. The molecule has 10 heteroatoms. The van der Waals surface area contributed by atoms with Crippen molar-refractivity contribution in [2.24, 2.45) is 0 Å². The molecule has 1 aliphatic rings. The first-order valence-electron chi connectivity index (χ1n) is 8.04. The predicted molar refractivity (Wildman–Crippen MR) is 101 cm³/mol. The second-order valence-electron chi connectivity index (χ2n) is 6.12. The van der Waals surface area contributed by atoms with Crippen molar-refractivity contribution < 1.29 is 17.6 Å². The maximum atomic E-state index is 12.4. The van der Waals surface area contributed by atoms with Crippen molar-refractivity contribution in [2.75, 3.05) is 28.0 Å². The third-order valence-corrected chi connectivity index (χ3v) is 6.28.